The highest BCUT2D eigenvalue weighted by Gasteiger charge is 2.03. The van der Waals surface area contributed by atoms with Gasteiger partial charge in [-0.3, -0.25) is 4.79 Å². The lowest BCUT2D eigenvalue weighted by atomic mass is 10.4. The van der Waals surface area contributed by atoms with Crippen molar-refractivity contribution in [3.05, 3.63) is 24.1 Å². The van der Waals surface area contributed by atoms with Gasteiger partial charge in [0.15, 0.2) is 0 Å². The van der Waals surface area contributed by atoms with Gasteiger partial charge in [0.1, 0.15) is 11.6 Å². The molecule has 0 unspecified atom stereocenters. The summed E-state index contributed by atoms with van der Waals surface area (Å²) < 4.78 is 12.4. The Hall–Kier alpha value is -1.65. The van der Waals surface area contributed by atoms with E-state index in [9.17, 15) is 9.18 Å². The number of nitrogens with zero attached hydrogens (tertiary/aromatic N) is 2. The van der Waals surface area contributed by atoms with Crippen LogP contribution in [0.3, 0.4) is 0 Å². The molecule has 5 heteroatoms. The third-order valence-electron chi connectivity index (χ3n) is 1.65. The minimum absolute atomic E-state index is 0.0591. The predicted molar refractivity (Wildman–Crippen MR) is 51.4 cm³/mol. The fraction of sp³-hybridized carbons (Fsp3) is 0.333. The number of pyridine rings is 1. The van der Waals surface area contributed by atoms with Gasteiger partial charge >= 0.3 is 0 Å². The minimum atomic E-state index is -0.394. The van der Waals surface area contributed by atoms with Crippen LogP contribution in [-0.4, -0.2) is 36.4 Å². The average molecular weight is 197 g/mol. The Kier molecular flexibility index (Phi) is 3.39. The standard InChI is InChI=1S/C9H12FN3O/c1-13(2)9(14)6-12-8-4-3-7(10)5-11-8/h3-5H,6H2,1-2H3,(H,11,12). The second-order valence-corrected chi connectivity index (χ2v) is 3.00. The summed E-state index contributed by atoms with van der Waals surface area (Å²) in [4.78, 5) is 16.4. The maximum Gasteiger partial charge on any atom is 0.241 e. The van der Waals surface area contributed by atoms with Gasteiger partial charge in [-0.25, -0.2) is 9.37 Å². The lowest BCUT2D eigenvalue weighted by molar-refractivity contribution is -0.126. The molecule has 0 aromatic carbocycles. The van der Waals surface area contributed by atoms with Crippen LogP contribution in [0.5, 0.6) is 0 Å². The predicted octanol–water partition coefficient (Wildman–Crippen LogP) is 0.721. The number of likely N-dealkylation sites (N-methyl/N-ethyl adjacent to an activating group) is 1. The second kappa shape index (κ2) is 4.55. The molecule has 0 spiro atoms. The van der Waals surface area contributed by atoms with E-state index >= 15 is 0 Å². The van der Waals surface area contributed by atoms with Crippen molar-refractivity contribution in [2.45, 2.75) is 0 Å². The molecule has 0 fully saturated rings. The van der Waals surface area contributed by atoms with Crippen LogP contribution in [0.4, 0.5) is 10.2 Å². The van der Waals surface area contributed by atoms with E-state index in [2.05, 4.69) is 10.3 Å². The number of anilines is 1. The molecule has 0 atom stereocenters. The molecule has 0 aliphatic heterocycles. The minimum Gasteiger partial charge on any atom is -0.361 e. The maximum atomic E-state index is 12.4. The highest BCUT2D eigenvalue weighted by molar-refractivity contribution is 5.79. The summed E-state index contributed by atoms with van der Waals surface area (Å²) in [7, 11) is 3.34. The van der Waals surface area contributed by atoms with Gasteiger partial charge in [-0.15, -0.1) is 0 Å². The molecule has 0 bridgehead atoms. The van der Waals surface area contributed by atoms with Gasteiger partial charge in [0.05, 0.1) is 12.7 Å². The molecule has 0 saturated carbocycles. The lowest BCUT2D eigenvalue weighted by Crippen LogP contribution is -2.28. The zero-order valence-corrected chi connectivity index (χ0v) is 8.12. The van der Waals surface area contributed by atoms with Crippen LogP contribution in [0, 0.1) is 5.82 Å². The first kappa shape index (κ1) is 10.4. The normalized spacial score (nSPS) is 9.64. The number of hydrogen-bond acceptors (Lipinski definition) is 3. The van der Waals surface area contributed by atoms with Gasteiger partial charge in [-0.1, -0.05) is 0 Å². The lowest BCUT2D eigenvalue weighted by Gasteiger charge is -2.10. The molecule has 14 heavy (non-hydrogen) atoms. The number of nitrogens with one attached hydrogen (secondary N) is 1. The highest BCUT2D eigenvalue weighted by atomic mass is 19.1. The topological polar surface area (TPSA) is 45.2 Å². The molecule has 0 aliphatic rings. The summed E-state index contributed by atoms with van der Waals surface area (Å²) in [6, 6.07) is 2.77. The summed E-state index contributed by atoms with van der Waals surface area (Å²) in [5.41, 5.74) is 0. The van der Waals surface area contributed by atoms with Crippen molar-refractivity contribution in [1.29, 1.82) is 0 Å². The van der Waals surface area contributed by atoms with E-state index in [4.69, 9.17) is 0 Å². The molecular formula is C9H12FN3O. The van der Waals surface area contributed by atoms with E-state index in [1.165, 1.54) is 17.0 Å². The molecule has 1 aromatic rings. The smallest absolute Gasteiger partial charge is 0.241 e. The van der Waals surface area contributed by atoms with Crippen LogP contribution in [0.1, 0.15) is 0 Å². The van der Waals surface area contributed by atoms with Gasteiger partial charge in [-0.05, 0) is 12.1 Å². The SMILES string of the molecule is CN(C)C(=O)CNc1ccc(F)cn1. The van der Waals surface area contributed by atoms with Crippen molar-refractivity contribution in [2.24, 2.45) is 0 Å². The first-order chi connectivity index (χ1) is 6.59. The van der Waals surface area contributed by atoms with Crippen molar-refractivity contribution in [3.8, 4) is 0 Å². The van der Waals surface area contributed by atoms with Crippen molar-refractivity contribution >= 4 is 11.7 Å². The van der Waals surface area contributed by atoms with E-state index < -0.39 is 5.82 Å². The van der Waals surface area contributed by atoms with Crippen molar-refractivity contribution in [1.82, 2.24) is 9.88 Å². The molecule has 4 nitrogen and oxygen atoms in total. The molecule has 1 amide bonds. The average Bonchev–Trinajstić information content (AvgIpc) is 2.16. The second-order valence-electron chi connectivity index (χ2n) is 3.00. The Labute approximate surface area is 81.7 Å². The molecule has 0 saturated heterocycles. The molecular weight excluding hydrogens is 185 g/mol. The summed E-state index contributed by atoms with van der Waals surface area (Å²) in [5.74, 6) is 0.0345. The largest absolute Gasteiger partial charge is 0.361 e. The van der Waals surface area contributed by atoms with Crippen LogP contribution in [0.25, 0.3) is 0 Å². The Morgan fingerprint density at radius 3 is 2.79 bits per heavy atom. The van der Waals surface area contributed by atoms with Crippen LogP contribution < -0.4 is 5.32 Å². The molecule has 1 heterocycles. The van der Waals surface area contributed by atoms with Crippen LogP contribution in [-0.2, 0) is 4.79 Å². The number of hydrogen-bond donors (Lipinski definition) is 1. The quantitative estimate of drug-likeness (QED) is 0.776. The van der Waals surface area contributed by atoms with Gasteiger partial charge in [0.2, 0.25) is 5.91 Å². The maximum absolute atomic E-state index is 12.4. The number of halogens is 1. The zero-order chi connectivity index (χ0) is 10.6. The number of aromatic nitrogens is 1. The Morgan fingerprint density at radius 2 is 2.29 bits per heavy atom. The highest BCUT2D eigenvalue weighted by Crippen LogP contribution is 2.02. The fourth-order valence-electron chi connectivity index (χ4n) is 0.805. The summed E-state index contributed by atoms with van der Waals surface area (Å²) in [5, 5.41) is 2.78. The van der Waals surface area contributed by atoms with Gasteiger partial charge < -0.3 is 10.2 Å². The van der Waals surface area contributed by atoms with Gasteiger partial charge in [-0.2, -0.15) is 0 Å². The van der Waals surface area contributed by atoms with E-state index in [1.807, 2.05) is 0 Å². The van der Waals surface area contributed by atoms with E-state index in [-0.39, 0.29) is 12.5 Å². The molecule has 1 rings (SSSR count). The van der Waals surface area contributed by atoms with Gasteiger partial charge in [0, 0.05) is 14.1 Å². The van der Waals surface area contributed by atoms with Crippen LogP contribution in [0.2, 0.25) is 0 Å². The molecule has 1 N–H and O–H groups in total. The third kappa shape index (κ3) is 3.01. The van der Waals surface area contributed by atoms with Crippen molar-refractivity contribution < 1.29 is 9.18 Å². The zero-order valence-electron chi connectivity index (χ0n) is 8.12. The van der Waals surface area contributed by atoms with Gasteiger partial charge in [0.25, 0.3) is 0 Å². The van der Waals surface area contributed by atoms with E-state index in [0.29, 0.717) is 5.82 Å². The van der Waals surface area contributed by atoms with E-state index in [0.717, 1.165) is 6.20 Å². The molecule has 76 valence electrons. The number of amides is 1. The Balaban J connectivity index is 2.46. The number of rotatable bonds is 3. The first-order valence-electron chi connectivity index (χ1n) is 4.15. The monoisotopic (exact) mass is 197 g/mol. The molecule has 0 radical (unpaired) electrons. The third-order valence-corrected chi connectivity index (χ3v) is 1.65. The summed E-state index contributed by atoms with van der Waals surface area (Å²) in [6.45, 7) is 0.158. The summed E-state index contributed by atoms with van der Waals surface area (Å²) >= 11 is 0. The van der Waals surface area contributed by atoms with Crippen molar-refractivity contribution in [2.75, 3.05) is 26.0 Å². The first-order valence-corrected chi connectivity index (χ1v) is 4.15. The summed E-state index contributed by atoms with van der Waals surface area (Å²) in [6.07, 6.45) is 1.10. The van der Waals surface area contributed by atoms with Crippen LogP contribution >= 0.6 is 0 Å². The number of carbonyl (C=O) groups excluding carboxylic acids is 1. The van der Waals surface area contributed by atoms with E-state index in [1.54, 1.807) is 14.1 Å². The molecule has 1 aromatic heterocycles. The fourth-order valence-corrected chi connectivity index (χ4v) is 0.805. The Bertz CT molecular complexity index is 310. The molecule has 0 aliphatic carbocycles. The Morgan fingerprint density at radius 1 is 1.57 bits per heavy atom. The van der Waals surface area contributed by atoms with Crippen LogP contribution in [0.15, 0.2) is 18.3 Å². The van der Waals surface area contributed by atoms with Crippen molar-refractivity contribution in [3.63, 3.8) is 0 Å². The number of carbonyl (C=O) groups is 1.